The third kappa shape index (κ3) is 3.78. The van der Waals surface area contributed by atoms with E-state index in [9.17, 15) is 9.59 Å². The van der Waals surface area contributed by atoms with Crippen LogP contribution >= 0.6 is 15.9 Å². The minimum atomic E-state index is -0.199. The van der Waals surface area contributed by atoms with Crippen molar-refractivity contribution in [1.29, 1.82) is 0 Å². The average Bonchev–Trinajstić information content (AvgIpc) is 2.80. The molecule has 0 fully saturated rings. The van der Waals surface area contributed by atoms with Crippen LogP contribution in [0.3, 0.4) is 0 Å². The van der Waals surface area contributed by atoms with E-state index in [0.717, 1.165) is 15.7 Å². The molecule has 0 saturated heterocycles. The number of aryl methyl sites for hydroxylation is 1. The Labute approximate surface area is 151 Å². The molecule has 1 heterocycles. The Kier molecular flexibility index (Phi) is 5.33. The monoisotopic (exact) mass is 390 g/mol. The second kappa shape index (κ2) is 6.93. The van der Waals surface area contributed by atoms with Crippen LogP contribution in [0.25, 0.3) is 0 Å². The zero-order valence-electron chi connectivity index (χ0n) is 14.7. The molecule has 2 aromatic rings. The fourth-order valence-corrected chi connectivity index (χ4v) is 3.16. The normalized spacial score (nSPS) is 11.4. The maximum atomic E-state index is 12.5. The van der Waals surface area contributed by atoms with Gasteiger partial charge in [-0.1, -0.05) is 41.9 Å². The van der Waals surface area contributed by atoms with Crippen molar-refractivity contribution in [3.05, 3.63) is 56.8 Å². The Morgan fingerprint density at radius 2 is 1.75 bits per heavy atom. The van der Waals surface area contributed by atoms with E-state index in [-0.39, 0.29) is 17.1 Å². The van der Waals surface area contributed by atoms with E-state index in [1.165, 1.54) is 6.92 Å². The van der Waals surface area contributed by atoms with Crippen LogP contribution in [-0.4, -0.2) is 23.2 Å². The highest BCUT2D eigenvalue weighted by Crippen LogP contribution is 2.24. The van der Waals surface area contributed by atoms with Gasteiger partial charge in [0, 0.05) is 27.7 Å². The van der Waals surface area contributed by atoms with E-state index in [0.29, 0.717) is 23.4 Å². The van der Waals surface area contributed by atoms with Gasteiger partial charge in [0.2, 0.25) is 0 Å². The van der Waals surface area contributed by atoms with Crippen LogP contribution in [-0.2, 0) is 5.41 Å². The molecule has 2 N–H and O–H groups in total. The molecule has 5 heteroatoms. The van der Waals surface area contributed by atoms with Crippen LogP contribution in [0.1, 0.15) is 58.4 Å². The largest absolute Gasteiger partial charge is 0.354 e. The number of carbonyl (C=O) groups is 2. The number of aromatic nitrogens is 1. The van der Waals surface area contributed by atoms with Crippen LogP contribution in [0.4, 0.5) is 0 Å². The number of halogens is 1. The van der Waals surface area contributed by atoms with Crippen molar-refractivity contribution in [3.63, 3.8) is 0 Å². The van der Waals surface area contributed by atoms with Crippen LogP contribution in [0.2, 0.25) is 0 Å². The second-order valence-corrected chi connectivity index (χ2v) is 7.67. The van der Waals surface area contributed by atoms with Crippen molar-refractivity contribution < 1.29 is 9.59 Å². The summed E-state index contributed by atoms with van der Waals surface area (Å²) < 4.78 is 1.03. The first-order valence-corrected chi connectivity index (χ1v) is 8.67. The van der Waals surface area contributed by atoms with Crippen molar-refractivity contribution >= 4 is 27.6 Å². The summed E-state index contributed by atoms with van der Waals surface area (Å²) >= 11 is 3.43. The Morgan fingerprint density at radius 1 is 1.17 bits per heavy atom. The van der Waals surface area contributed by atoms with E-state index in [4.69, 9.17) is 0 Å². The summed E-state index contributed by atoms with van der Waals surface area (Å²) in [5.74, 6) is -0.219. The molecule has 1 aromatic heterocycles. The van der Waals surface area contributed by atoms with Gasteiger partial charge in [0.05, 0.1) is 0 Å². The predicted octanol–water partition coefficient (Wildman–Crippen LogP) is 4.30. The molecule has 0 spiro atoms. The van der Waals surface area contributed by atoms with Gasteiger partial charge in [-0.2, -0.15) is 0 Å². The first kappa shape index (κ1) is 18.5. The second-order valence-electron chi connectivity index (χ2n) is 6.75. The fraction of sp³-hybridized carbons (Fsp3) is 0.368. The fourth-order valence-electron chi connectivity index (χ4n) is 2.90. The smallest absolute Gasteiger partial charge is 0.268 e. The lowest BCUT2D eigenvalue weighted by molar-refractivity contribution is 0.0940. The van der Waals surface area contributed by atoms with Crippen molar-refractivity contribution in [3.8, 4) is 0 Å². The lowest BCUT2D eigenvalue weighted by atomic mass is 9.84. The quantitative estimate of drug-likeness (QED) is 0.747. The van der Waals surface area contributed by atoms with Gasteiger partial charge in [-0.15, -0.1) is 0 Å². The summed E-state index contributed by atoms with van der Waals surface area (Å²) in [6.45, 7) is 9.80. The highest BCUT2D eigenvalue weighted by atomic mass is 79.9. The predicted molar refractivity (Wildman–Crippen MR) is 99.8 cm³/mol. The number of rotatable bonds is 5. The molecule has 0 aliphatic rings. The first-order valence-electron chi connectivity index (χ1n) is 7.88. The highest BCUT2D eigenvalue weighted by molar-refractivity contribution is 9.10. The number of benzene rings is 1. The van der Waals surface area contributed by atoms with Gasteiger partial charge in [-0.05, 0) is 44.0 Å². The maximum absolute atomic E-state index is 12.5. The van der Waals surface area contributed by atoms with Crippen LogP contribution in [0.5, 0.6) is 0 Å². The lowest BCUT2D eigenvalue weighted by Crippen LogP contribution is -2.37. The standard InChI is InChI=1S/C19H23BrN2O2/c1-11-16(13(3)23)12(2)22-17(11)18(24)21-10-19(4,5)14-6-8-15(20)9-7-14/h6-9,22H,10H2,1-5H3,(H,21,24). The number of carbonyl (C=O) groups excluding carboxylic acids is 2. The molecule has 0 aliphatic heterocycles. The molecule has 1 aromatic carbocycles. The van der Waals surface area contributed by atoms with Crippen LogP contribution in [0.15, 0.2) is 28.7 Å². The minimum Gasteiger partial charge on any atom is -0.354 e. The molecule has 0 aliphatic carbocycles. The molecule has 1 amide bonds. The number of hydrogen-bond acceptors (Lipinski definition) is 2. The Morgan fingerprint density at radius 3 is 2.25 bits per heavy atom. The van der Waals surface area contributed by atoms with E-state index >= 15 is 0 Å². The summed E-state index contributed by atoms with van der Waals surface area (Å²) in [7, 11) is 0. The van der Waals surface area contributed by atoms with Gasteiger partial charge in [0.25, 0.3) is 5.91 Å². The molecule has 24 heavy (non-hydrogen) atoms. The highest BCUT2D eigenvalue weighted by Gasteiger charge is 2.24. The number of aromatic amines is 1. The molecule has 0 atom stereocenters. The number of hydrogen-bond donors (Lipinski definition) is 2. The third-order valence-corrected chi connectivity index (χ3v) is 4.86. The van der Waals surface area contributed by atoms with Crippen LogP contribution < -0.4 is 5.32 Å². The maximum Gasteiger partial charge on any atom is 0.268 e. The van der Waals surface area contributed by atoms with Crippen molar-refractivity contribution in [2.75, 3.05) is 6.54 Å². The van der Waals surface area contributed by atoms with Gasteiger partial charge in [0.15, 0.2) is 5.78 Å². The number of ketones is 1. The van der Waals surface area contributed by atoms with Crippen molar-refractivity contribution in [1.82, 2.24) is 10.3 Å². The zero-order valence-corrected chi connectivity index (χ0v) is 16.3. The molecular formula is C19H23BrN2O2. The van der Waals surface area contributed by atoms with Gasteiger partial charge in [0.1, 0.15) is 5.69 Å². The molecule has 0 radical (unpaired) electrons. The van der Waals surface area contributed by atoms with E-state index in [1.807, 2.05) is 31.2 Å². The van der Waals surface area contributed by atoms with Gasteiger partial charge in [-0.3, -0.25) is 9.59 Å². The first-order chi connectivity index (χ1) is 11.1. The molecule has 4 nitrogen and oxygen atoms in total. The van der Waals surface area contributed by atoms with E-state index < -0.39 is 0 Å². The Balaban J connectivity index is 2.14. The number of H-pyrrole nitrogens is 1. The van der Waals surface area contributed by atoms with E-state index in [1.54, 1.807) is 6.92 Å². The molecule has 2 rings (SSSR count). The van der Waals surface area contributed by atoms with Crippen LogP contribution in [0, 0.1) is 13.8 Å². The molecule has 0 unspecified atom stereocenters. The average molecular weight is 391 g/mol. The zero-order chi connectivity index (χ0) is 18.1. The molecular weight excluding hydrogens is 368 g/mol. The SMILES string of the molecule is CC(=O)c1c(C)[nH]c(C(=O)NCC(C)(C)c2ccc(Br)cc2)c1C. The Hall–Kier alpha value is -1.88. The van der Waals surface area contributed by atoms with E-state index in [2.05, 4.69) is 40.1 Å². The van der Waals surface area contributed by atoms with Gasteiger partial charge >= 0.3 is 0 Å². The summed E-state index contributed by atoms with van der Waals surface area (Å²) in [6, 6.07) is 8.09. The molecule has 0 bridgehead atoms. The van der Waals surface area contributed by atoms with Crippen molar-refractivity contribution in [2.24, 2.45) is 0 Å². The summed E-state index contributed by atoms with van der Waals surface area (Å²) in [4.78, 5) is 27.3. The summed E-state index contributed by atoms with van der Waals surface area (Å²) in [6.07, 6.45) is 0. The topological polar surface area (TPSA) is 62.0 Å². The number of Topliss-reactive ketones (excluding diaryl/α,β-unsaturated/α-hetero) is 1. The number of amides is 1. The van der Waals surface area contributed by atoms with Gasteiger partial charge in [-0.25, -0.2) is 0 Å². The summed E-state index contributed by atoms with van der Waals surface area (Å²) in [5.41, 5.74) is 3.46. The Bertz CT molecular complexity index is 773. The minimum absolute atomic E-state index is 0.0320. The molecule has 0 saturated carbocycles. The lowest BCUT2D eigenvalue weighted by Gasteiger charge is -2.25. The summed E-state index contributed by atoms with van der Waals surface area (Å²) in [5, 5.41) is 2.98. The third-order valence-electron chi connectivity index (χ3n) is 4.33. The number of nitrogens with one attached hydrogen (secondary N) is 2. The van der Waals surface area contributed by atoms with Crippen molar-refractivity contribution in [2.45, 2.75) is 40.0 Å². The molecule has 128 valence electrons. The van der Waals surface area contributed by atoms with Gasteiger partial charge < -0.3 is 10.3 Å².